The number of rotatable bonds is 18. The van der Waals surface area contributed by atoms with E-state index in [2.05, 4.69) is 36.5 Å². The third kappa shape index (κ3) is 19.2. The van der Waals surface area contributed by atoms with E-state index in [0.717, 1.165) is 0 Å². The second kappa shape index (κ2) is 23.7. The number of benzene rings is 1. The van der Waals surface area contributed by atoms with Crippen LogP contribution in [0.1, 0.15) is 121 Å². The van der Waals surface area contributed by atoms with Gasteiger partial charge in [0.2, 0.25) is 0 Å². The van der Waals surface area contributed by atoms with Crippen LogP contribution in [0, 0.1) is 0 Å². The van der Waals surface area contributed by atoms with Gasteiger partial charge in [-0.05, 0) is 38.1 Å². The number of hydrogen-bond donors (Lipinski definition) is 1. The van der Waals surface area contributed by atoms with Crippen molar-refractivity contribution in [2.45, 2.75) is 122 Å². The van der Waals surface area contributed by atoms with Gasteiger partial charge in [0, 0.05) is 5.88 Å². The van der Waals surface area contributed by atoms with E-state index in [4.69, 9.17) is 11.6 Å². The predicted octanol–water partition coefficient (Wildman–Crippen LogP) is 9.07. The van der Waals surface area contributed by atoms with Crippen molar-refractivity contribution in [1.82, 2.24) is 5.32 Å². The molecule has 0 atom stereocenters. The molecule has 1 nitrogen and oxygen atoms in total. The molecule has 0 aromatic heterocycles. The third-order valence-corrected chi connectivity index (χ3v) is 5.85. The lowest BCUT2D eigenvalue weighted by atomic mass is 10.0. The van der Waals surface area contributed by atoms with E-state index >= 15 is 0 Å². The molecule has 0 unspecified atom stereocenters. The number of aryl methyl sites for hydroxylation is 1. The van der Waals surface area contributed by atoms with E-state index in [1.165, 1.54) is 120 Å². The number of halogens is 1. The molecule has 0 aliphatic heterocycles. The van der Waals surface area contributed by atoms with Crippen LogP contribution >= 0.6 is 11.6 Å². The highest BCUT2D eigenvalue weighted by Crippen LogP contribution is 2.17. The molecular formula is C27H50ClN. The van der Waals surface area contributed by atoms with Crippen LogP contribution in [-0.4, -0.2) is 14.1 Å². The summed E-state index contributed by atoms with van der Waals surface area (Å²) in [5.41, 5.74) is 2.77. The monoisotopic (exact) mass is 423 g/mol. The van der Waals surface area contributed by atoms with Crippen molar-refractivity contribution < 1.29 is 0 Å². The van der Waals surface area contributed by atoms with Crippen molar-refractivity contribution in [3.05, 3.63) is 35.4 Å². The zero-order chi connectivity index (χ0) is 21.4. The van der Waals surface area contributed by atoms with E-state index in [1.54, 1.807) is 0 Å². The number of nitrogens with one attached hydrogen (secondary N) is 1. The molecule has 1 aromatic rings. The molecule has 0 saturated heterocycles. The first kappa shape index (κ1) is 28.5. The summed E-state index contributed by atoms with van der Waals surface area (Å²) in [5, 5.41) is 2.75. The minimum atomic E-state index is 0.648. The quantitative estimate of drug-likeness (QED) is 0.183. The van der Waals surface area contributed by atoms with Crippen LogP contribution in [0.2, 0.25) is 0 Å². The van der Waals surface area contributed by atoms with Gasteiger partial charge in [0.1, 0.15) is 0 Å². The first-order valence-electron chi connectivity index (χ1n) is 12.5. The normalized spacial score (nSPS) is 10.6. The first-order valence-corrected chi connectivity index (χ1v) is 13.0. The van der Waals surface area contributed by atoms with E-state index in [0.29, 0.717) is 5.88 Å². The molecule has 1 rings (SSSR count). The fourth-order valence-electron chi connectivity index (χ4n) is 3.80. The molecular weight excluding hydrogens is 374 g/mol. The second-order valence-corrected chi connectivity index (χ2v) is 8.72. The van der Waals surface area contributed by atoms with E-state index in [-0.39, 0.29) is 0 Å². The Hall–Kier alpha value is -0.530. The Morgan fingerprint density at radius 2 is 0.931 bits per heavy atom. The lowest BCUT2D eigenvalue weighted by molar-refractivity contribution is 0.529. The molecule has 0 aliphatic rings. The minimum absolute atomic E-state index is 0.648. The molecule has 0 bridgehead atoms. The Morgan fingerprint density at radius 1 is 0.586 bits per heavy atom. The summed E-state index contributed by atoms with van der Waals surface area (Å²) in [6.07, 6.45) is 24.1. The summed E-state index contributed by atoms with van der Waals surface area (Å²) in [7, 11) is 3.75. The largest absolute Gasteiger partial charge is 0.323 e. The van der Waals surface area contributed by atoms with Crippen LogP contribution in [0.4, 0.5) is 0 Å². The van der Waals surface area contributed by atoms with Gasteiger partial charge < -0.3 is 5.32 Å². The number of alkyl halides is 1. The van der Waals surface area contributed by atoms with Crippen molar-refractivity contribution >= 4 is 11.6 Å². The summed E-state index contributed by atoms with van der Waals surface area (Å²) in [6.45, 7) is 2.29. The van der Waals surface area contributed by atoms with Gasteiger partial charge in [-0.2, -0.15) is 0 Å². The smallest absolute Gasteiger partial charge is 0.0476 e. The maximum Gasteiger partial charge on any atom is 0.0476 e. The van der Waals surface area contributed by atoms with Gasteiger partial charge in [-0.25, -0.2) is 0 Å². The Morgan fingerprint density at radius 3 is 1.31 bits per heavy atom. The van der Waals surface area contributed by atoms with Crippen molar-refractivity contribution in [2.24, 2.45) is 0 Å². The molecule has 0 spiro atoms. The standard InChI is InChI=1S/C25H43Cl.C2H7N/c1-2-3-4-5-6-7-8-9-10-11-12-13-14-15-16-17-20-24-21-18-19-22-25(24)23-26;1-3-2/h18-19,21-22H,2-17,20,23H2,1H3;3H,1-2H3. The van der Waals surface area contributed by atoms with Gasteiger partial charge in [-0.3, -0.25) is 0 Å². The highest BCUT2D eigenvalue weighted by molar-refractivity contribution is 6.17. The first-order chi connectivity index (χ1) is 14.3. The molecule has 0 radical (unpaired) electrons. The average Bonchev–Trinajstić information content (AvgIpc) is 2.74. The van der Waals surface area contributed by atoms with Gasteiger partial charge in [0.05, 0.1) is 0 Å². The zero-order valence-electron chi connectivity index (χ0n) is 19.9. The molecule has 1 N–H and O–H groups in total. The van der Waals surface area contributed by atoms with E-state index in [1.807, 2.05) is 14.1 Å². The van der Waals surface area contributed by atoms with Crippen molar-refractivity contribution in [3.63, 3.8) is 0 Å². The van der Waals surface area contributed by atoms with Crippen LogP contribution in [0.3, 0.4) is 0 Å². The van der Waals surface area contributed by atoms with Gasteiger partial charge in [-0.15, -0.1) is 11.6 Å². The molecule has 0 saturated carbocycles. The average molecular weight is 424 g/mol. The lowest BCUT2D eigenvalue weighted by Gasteiger charge is -2.07. The fraction of sp³-hybridized carbons (Fsp3) is 0.778. The molecule has 0 amide bonds. The van der Waals surface area contributed by atoms with Crippen molar-refractivity contribution in [1.29, 1.82) is 0 Å². The third-order valence-electron chi connectivity index (χ3n) is 5.56. The van der Waals surface area contributed by atoms with Crippen molar-refractivity contribution in [2.75, 3.05) is 14.1 Å². The van der Waals surface area contributed by atoms with E-state index < -0.39 is 0 Å². The van der Waals surface area contributed by atoms with Gasteiger partial charge in [-0.1, -0.05) is 128 Å². The van der Waals surface area contributed by atoms with Gasteiger partial charge in [0.15, 0.2) is 0 Å². The molecule has 0 fully saturated rings. The highest BCUT2D eigenvalue weighted by atomic mass is 35.5. The number of hydrogen-bond acceptors (Lipinski definition) is 1. The topological polar surface area (TPSA) is 12.0 Å². The van der Waals surface area contributed by atoms with Gasteiger partial charge in [0.25, 0.3) is 0 Å². The number of unbranched alkanes of at least 4 members (excludes halogenated alkanes) is 15. The minimum Gasteiger partial charge on any atom is -0.323 e. The Bertz CT molecular complexity index is 432. The summed E-state index contributed by atoms with van der Waals surface area (Å²) >= 11 is 6.01. The second-order valence-electron chi connectivity index (χ2n) is 8.46. The van der Waals surface area contributed by atoms with E-state index in [9.17, 15) is 0 Å². The molecule has 2 heteroatoms. The Balaban J connectivity index is 0.00000245. The summed E-state index contributed by atoms with van der Waals surface area (Å²) in [5.74, 6) is 0.648. The molecule has 29 heavy (non-hydrogen) atoms. The molecule has 0 aliphatic carbocycles. The van der Waals surface area contributed by atoms with Crippen LogP contribution in [0.15, 0.2) is 24.3 Å². The van der Waals surface area contributed by atoms with Crippen LogP contribution in [0.25, 0.3) is 0 Å². The van der Waals surface area contributed by atoms with Crippen LogP contribution in [0.5, 0.6) is 0 Å². The Labute approximate surface area is 188 Å². The maximum atomic E-state index is 6.01. The maximum absolute atomic E-state index is 6.01. The molecule has 170 valence electrons. The fourth-order valence-corrected chi connectivity index (χ4v) is 4.06. The summed E-state index contributed by atoms with van der Waals surface area (Å²) in [4.78, 5) is 0. The lowest BCUT2D eigenvalue weighted by Crippen LogP contribution is -1.92. The predicted molar refractivity (Wildman–Crippen MR) is 134 cm³/mol. The highest BCUT2D eigenvalue weighted by Gasteiger charge is 2.00. The SMILES string of the molecule is CCCCCCCCCCCCCCCCCCc1ccccc1CCl.CNC. The Kier molecular flexibility index (Phi) is 23.3. The van der Waals surface area contributed by atoms with Gasteiger partial charge >= 0.3 is 0 Å². The molecule has 0 heterocycles. The molecule has 1 aromatic carbocycles. The summed E-state index contributed by atoms with van der Waals surface area (Å²) < 4.78 is 0. The van der Waals surface area contributed by atoms with Crippen LogP contribution < -0.4 is 5.32 Å². The van der Waals surface area contributed by atoms with Crippen molar-refractivity contribution in [3.8, 4) is 0 Å². The van der Waals surface area contributed by atoms with Crippen LogP contribution in [-0.2, 0) is 12.3 Å². The zero-order valence-corrected chi connectivity index (χ0v) is 20.7. The summed E-state index contributed by atoms with van der Waals surface area (Å²) in [6, 6.07) is 8.63.